The Morgan fingerprint density at radius 2 is 1.60 bits per heavy atom. The van der Waals surface area contributed by atoms with Crippen molar-refractivity contribution in [3.05, 3.63) is 0 Å². The molecule has 0 amide bonds. The monoisotopic (exact) mass is 210 g/mol. The molecule has 0 aliphatic carbocycles. The topological polar surface area (TPSA) is 18.5 Å². The highest BCUT2D eigenvalue weighted by Crippen LogP contribution is 2.14. The van der Waals surface area contributed by atoms with Crippen LogP contribution in [0.1, 0.15) is 20.8 Å². The van der Waals surface area contributed by atoms with Crippen LogP contribution in [0.5, 0.6) is 0 Å². The predicted octanol–water partition coefficient (Wildman–Crippen LogP) is 2.17. The van der Waals surface area contributed by atoms with Crippen molar-refractivity contribution < 1.29 is 9.47 Å². The molecule has 62 valence electrons. The fraction of sp³-hybridized carbons (Fsp3) is 1.00. The van der Waals surface area contributed by atoms with E-state index in [1.54, 1.807) is 0 Å². The van der Waals surface area contributed by atoms with Crippen LogP contribution in [-0.4, -0.2) is 24.3 Å². The van der Waals surface area contributed by atoms with E-state index in [4.69, 9.17) is 9.47 Å². The van der Waals surface area contributed by atoms with E-state index in [1.807, 2.05) is 20.8 Å². The van der Waals surface area contributed by atoms with Crippen LogP contribution < -0.4 is 0 Å². The van der Waals surface area contributed by atoms with E-state index in [9.17, 15) is 0 Å². The van der Waals surface area contributed by atoms with Crippen LogP contribution in [0.2, 0.25) is 0 Å². The first-order chi connectivity index (χ1) is 4.68. The largest absolute Gasteiger partial charge is 0.350 e. The number of halogens is 1. The molecule has 0 aliphatic heterocycles. The summed E-state index contributed by atoms with van der Waals surface area (Å²) in [7, 11) is 0. The van der Waals surface area contributed by atoms with Gasteiger partial charge < -0.3 is 9.47 Å². The molecule has 0 saturated carbocycles. The molecular weight excluding hydrogens is 196 g/mol. The summed E-state index contributed by atoms with van der Waals surface area (Å²) in [6.07, 6.45) is 0. The zero-order valence-corrected chi connectivity index (χ0v) is 8.40. The van der Waals surface area contributed by atoms with Gasteiger partial charge in [-0.1, -0.05) is 15.9 Å². The number of ether oxygens (including phenoxy) is 2. The minimum absolute atomic E-state index is 0.441. The van der Waals surface area contributed by atoms with Crippen molar-refractivity contribution in [3.63, 3.8) is 0 Å². The van der Waals surface area contributed by atoms with Crippen LogP contribution in [0.4, 0.5) is 0 Å². The van der Waals surface area contributed by atoms with Gasteiger partial charge in [0.2, 0.25) is 0 Å². The molecular formula is C7H15BrO2. The smallest absolute Gasteiger partial charge is 0.175 e. The Morgan fingerprint density at radius 3 is 1.80 bits per heavy atom. The standard InChI is InChI=1S/C7H15BrO2/c1-4-9-7(3,6-8)10-5-2/h4-6H2,1-3H3. The van der Waals surface area contributed by atoms with Crippen molar-refractivity contribution in [3.8, 4) is 0 Å². The van der Waals surface area contributed by atoms with E-state index in [0.717, 1.165) is 0 Å². The molecule has 0 radical (unpaired) electrons. The molecule has 0 aliphatic rings. The third-order valence-electron chi connectivity index (χ3n) is 1.14. The molecule has 0 saturated heterocycles. The van der Waals surface area contributed by atoms with Gasteiger partial charge >= 0.3 is 0 Å². The normalized spacial score (nSPS) is 12.0. The van der Waals surface area contributed by atoms with Crippen LogP contribution in [0, 0.1) is 0 Å². The van der Waals surface area contributed by atoms with E-state index in [0.29, 0.717) is 18.5 Å². The lowest BCUT2D eigenvalue weighted by molar-refractivity contribution is -0.203. The van der Waals surface area contributed by atoms with E-state index in [1.165, 1.54) is 0 Å². The van der Waals surface area contributed by atoms with Gasteiger partial charge in [-0.05, 0) is 20.8 Å². The van der Waals surface area contributed by atoms with Crippen molar-refractivity contribution in [2.45, 2.75) is 26.6 Å². The summed E-state index contributed by atoms with van der Waals surface area (Å²) >= 11 is 3.32. The van der Waals surface area contributed by atoms with Crippen LogP contribution in [0.3, 0.4) is 0 Å². The molecule has 0 spiro atoms. The van der Waals surface area contributed by atoms with Crippen molar-refractivity contribution in [1.82, 2.24) is 0 Å². The summed E-state index contributed by atoms with van der Waals surface area (Å²) in [5, 5.41) is 0.710. The highest BCUT2D eigenvalue weighted by molar-refractivity contribution is 9.09. The molecule has 0 aromatic heterocycles. The second-order valence-corrected chi connectivity index (χ2v) is 2.69. The SMILES string of the molecule is CCOC(C)(CBr)OCC. The summed E-state index contributed by atoms with van der Waals surface area (Å²) < 4.78 is 10.7. The van der Waals surface area contributed by atoms with Crippen LogP contribution in [-0.2, 0) is 9.47 Å². The Bertz CT molecular complexity index is 79.7. The summed E-state index contributed by atoms with van der Waals surface area (Å²) in [4.78, 5) is 0. The molecule has 0 unspecified atom stereocenters. The maximum atomic E-state index is 5.35. The predicted molar refractivity (Wildman–Crippen MR) is 45.5 cm³/mol. The first-order valence-electron chi connectivity index (χ1n) is 3.52. The molecule has 0 fully saturated rings. The van der Waals surface area contributed by atoms with Crippen molar-refractivity contribution in [1.29, 1.82) is 0 Å². The Labute approximate surface area is 71.0 Å². The van der Waals surface area contributed by atoms with Gasteiger partial charge in [0, 0.05) is 13.2 Å². The highest BCUT2D eigenvalue weighted by Gasteiger charge is 2.22. The average molecular weight is 211 g/mol. The summed E-state index contributed by atoms with van der Waals surface area (Å²) in [6.45, 7) is 7.21. The van der Waals surface area contributed by atoms with Crippen LogP contribution >= 0.6 is 15.9 Å². The van der Waals surface area contributed by atoms with E-state index < -0.39 is 5.79 Å². The molecule has 0 N–H and O–H groups in total. The molecule has 0 heterocycles. The fourth-order valence-corrected chi connectivity index (χ4v) is 1.05. The minimum atomic E-state index is -0.441. The van der Waals surface area contributed by atoms with Gasteiger partial charge in [-0.3, -0.25) is 0 Å². The number of hydrogen-bond acceptors (Lipinski definition) is 2. The summed E-state index contributed by atoms with van der Waals surface area (Å²) in [6, 6.07) is 0. The summed E-state index contributed by atoms with van der Waals surface area (Å²) in [5.41, 5.74) is 0. The average Bonchev–Trinajstić information content (AvgIpc) is 1.89. The third-order valence-corrected chi connectivity index (χ3v) is 2.16. The van der Waals surface area contributed by atoms with Gasteiger partial charge in [0.25, 0.3) is 0 Å². The molecule has 0 bridgehead atoms. The molecule has 3 heteroatoms. The lowest BCUT2D eigenvalue weighted by Gasteiger charge is -2.26. The van der Waals surface area contributed by atoms with Crippen molar-refractivity contribution in [2.24, 2.45) is 0 Å². The number of alkyl halides is 1. The van der Waals surface area contributed by atoms with Gasteiger partial charge in [0.15, 0.2) is 5.79 Å². The van der Waals surface area contributed by atoms with Crippen molar-refractivity contribution >= 4 is 15.9 Å². The Kier molecular flexibility index (Phi) is 5.31. The van der Waals surface area contributed by atoms with Gasteiger partial charge in [0.05, 0.1) is 5.33 Å². The first-order valence-corrected chi connectivity index (χ1v) is 4.64. The fourth-order valence-electron chi connectivity index (χ4n) is 0.729. The maximum Gasteiger partial charge on any atom is 0.175 e. The van der Waals surface area contributed by atoms with E-state index in [2.05, 4.69) is 15.9 Å². The molecule has 0 aromatic carbocycles. The van der Waals surface area contributed by atoms with E-state index in [-0.39, 0.29) is 0 Å². The van der Waals surface area contributed by atoms with Gasteiger partial charge in [-0.2, -0.15) is 0 Å². The van der Waals surface area contributed by atoms with Gasteiger partial charge in [-0.15, -0.1) is 0 Å². The lowest BCUT2D eigenvalue weighted by Crippen LogP contribution is -2.34. The van der Waals surface area contributed by atoms with E-state index >= 15 is 0 Å². The zero-order valence-electron chi connectivity index (χ0n) is 6.82. The molecule has 0 aromatic rings. The molecule has 0 atom stereocenters. The van der Waals surface area contributed by atoms with Gasteiger partial charge in [0.1, 0.15) is 0 Å². The maximum absolute atomic E-state index is 5.35. The number of rotatable bonds is 5. The molecule has 0 rings (SSSR count). The first kappa shape index (κ1) is 10.4. The quantitative estimate of drug-likeness (QED) is 0.512. The van der Waals surface area contributed by atoms with Crippen molar-refractivity contribution in [2.75, 3.05) is 18.5 Å². The van der Waals surface area contributed by atoms with Gasteiger partial charge in [-0.25, -0.2) is 0 Å². The van der Waals surface area contributed by atoms with Crippen LogP contribution in [0.15, 0.2) is 0 Å². The third kappa shape index (κ3) is 3.54. The Balaban J connectivity index is 3.69. The van der Waals surface area contributed by atoms with Crippen LogP contribution in [0.25, 0.3) is 0 Å². The lowest BCUT2D eigenvalue weighted by atomic mass is 10.4. The second-order valence-electron chi connectivity index (χ2n) is 2.13. The molecule has 2 nitrogen and oxygen atoms in total. The Morgan fingerprint density at radius 1 is 1.20 bits per heavy atom. The minimum Gasteiger partial charge on any atom is -0.350 e. The Hall–Kier alpha value is 0.400. The zero-order chi connectivity index (χ0) is 8.04. The molecule has 10 heavy (non-hydrogen) atoms. The highest BCUT2D eigenvalue weighted by atomic mass is 79.9. The second kappa shape index (κ2) is 5.10. The number of hydrogen-bond donors (Lipinski definition) is 0. The summed E-state index contributed by atoms with van der Waals surface area (Å²) in [5.74, 6) is -0.441.